The average Bonchev–Trinajstić information content (AvgIpc) is 2.54. The van der Waals surface area contributed by atoms with Gasteiger partial charge in [-0.25, -0.2) is 0 Å². The maximum atomic E-state index is 5.28. The number of ether oxygens (including phenoxy) is 1. The molecule has 1 saturated heterocycles. The lowest BCUT2D eigenvalue weighted by atomic mass is 9.90. The average molecular weight is 290 g/mol. The van der Waals surface area contributed by atoms with Crippen LogP contribution >= 0.6 is 0 Å². The molecule has 118 valence electrons. The van der Waals surface area contributed by atoms with E-state index in [1.165, 1.54) is 43.6 Å². The predicted octanol–water partition coefficient (Wildman–Crippen LogP) is 3.04. The van der Waals surface area contributed by atoms with Crippen molar-refractivity contribution in [3.8, 4) is 0 Å². The van der Waals surface area contributed by atoms with Crippen LogP contribution in [-0.4, -0.2) is 37.7 Å². The van der Waals surface area contributed by atoms with E-state index in [-0.39, 0.29) is 0 Å². The van der Waals surface area contributed by atoms with E-state index in [9.17, 15) is 0 Å². The Bertz CT molecular complexity index is 413. The van der Waals surface area contributed by atoms with Gasteiger partial charge in [-0.05, 0) is 56.4 Å². The van der Waals surface area contributed by atoms with Crippen molar-refractivity contribution in [2.24, 2.45) is 5.92 Å². The minimum Gasteiger partial charge on any atom is -0.380 e. The molecule has 1 N–H and O–H groups in total. The van der Waals surface area contributed by atoms with Crippen molar-refractivity contribution in [1.82, 2.24) is 10.2 Å². The molecule has 0 bridgehead atoms. The molecular weight excluding hydrogens is 260 g/mol. The number of hydrogen-bond donors (Lipinski definition) is 1. The molecule has 2 rings (SSSR count). The summed E-state index contributed by atoms with van der Waals surface area (Å²) in [5, 5.41) is 3.73. The lowest BCUT2D eigenvalue weighted by Crippen LogP contribution is -2.41. The fourth-order valence-corrected chi connectivity index (χ4v) is 3.23. The second kappa shape index (κ2) is 8.52. The molecule has 21 heavy (non-hydrogen) atoms. The Morgan fingerprint density at radius 3 is 2.52 bits per heavy atom. The summed E-state index contributed by atoms with van der Waals surface area (Å²) in [5.74, 6) is 0.808. The van der Waals surface area contributed by atoms with E-state index in [1.807, 2.05) is 0 Å². The quantitative estimate of drug-likeness (QED) is 0.835. The molecule has 1 aliphatic rings. The maximum absolute atomic E-state index is 5.28. The molecule has 0 aliphatic carbocycles. The summed E-state index contributed by atoms with van der Waals surface area (Å²) in [5.41, 5.74) is 2.65. The second-order valence-corrected chi connectivity index (χ2v) is 6.14. The van der Waals surface area contributed by atoms with Gasteiger partial charge in [0, 0.05) is 19.7 Å². The van der Waals surface area contributed by atoms with Crippen LogP contribution in [0.4, 0.5) is 0 Å². The van der Waals surface area contributed by atoms with Crippen molar-refractivity contribution >= 4 is 0 Å². The number of benzene rings is 1. The van der Waals surface area contributed by atoms with Crippen molar-refractivity contribution in [3.05, 3.63) is 35.4 Å². The minimum atomic E-state index is 0.583. The van der Waals surface area contributed by atoms with E-state index in [4.69, 9.17) is 4.74 Å². The van der Waals surface area contributed by atoms with Crippen molar-refractivity contribution < 1.29 is 4.74 Å². The van der Waals surface area contributed by atoms with Gasteiger partial charge in [0.25, 0.3) is 0 Å². The van der Waals surface area contributed by atoms with Crippen LogP contribution in [0.1, 0.15) is 37.8 Å². The summed E-state index contributed by atoms with van der Waals surface area (Å²) in [4.78, 5) is 2.55. The van der Waals surface area contributed by atoms with E-state index in [2.05, 4.69) is 48.3 Å². The first-order valence-corrected chi connectivity index (χ1v) is 8.26. The van der Waals surface area contributed by atoms with Crippen molar-refractivity contribution in [3.63, 3.8) is 0 Å². The van der Waals surface area contributed by atoms with Crippen LogP contribution in [-0.2, 0) is 17.9 Å². The summed E-state index contributed by atoms with van der Waals surface area (Å²) in [7, 11) is 1.76. The van der Waals surface area contributed by atoms with Crippen molar-refractivity contribution in [2.45, 2.75) is 45.9 Å². The van der Waals surface area contributed by atoms with Crippen LogP contribution in [0, 0.1) is 5.92 Å². The van der Waals surface area contributed by atoms with Crippen molar-refractivity contribution in [2.75, 3.05) is 26.7 Å². The Kier molecular flexibility index (Phi) is 6.68. The number of rotatable bonds is 7. The molecule has 0 saturated carbocycles. The minimum absolute atomic E-state index is 0.583. The van der Waals surface area contributed by atoms with Gasteiger partial charge < -0.3 is 15.0 Å². The first-order valence-electron chi connectivity index (χ1n) is 8.26. The third kappa shape index (κ3) is 4.80. The molecule has 1 aromatic carbocycles. The van der Waals surface area contributed by atoms with Crippen LogP contribution in [0.5, 0.6) is 0 Å². The zero-order chi connectivity index (χ0) is 15.1. The maximum Gasteiger partial charge on any atom is 0.0716 e. The Labute approximate surface area is 129 Å². The highest BCUT2D eigenvalue weighted by atomic mass is 16.5. The summed E-state index contributed by atoms with van der Waals surface area (Å²) in [6.45, 7) is 9.94. The third-order valence-corrected chi connectivity index (χ3v) is 4.82. The first kappa shape index (κ1) is 16.5. The van der Waals surface area contributed by atoms with Gasteiger partial charge in [0.1, 0.15) is 0 Å². The molecule has 0 amide bonds. The fourth-order valence-electron chi connectivity index (χ4n) is 3.23. The molecule has 1 fully saturated rings. The summed E-state index contributed by atoms with van der Waals surface area (Å²) < 4.78 is 5.28. The van der Waals surface area contributed by atoms with E-state index in [0.717, 1.165) is 12.5 Å². The van der Waals surface area contributed by atoms with Gasteiger partial charge in [-0.1, -0.05) is 31.2 Å². The monoisotopic (exact) mass is 290 g/mol. The molecule has 0 spiro atoms. The lowest BCUT2D eigenvalue weighted by Gasteiger charge is -2.34. The number of hydrogen-bond acceptors (Lipinski definition) is 3. The van der Waals surface area contributed by atoms with Crippen LogP contribution in [0.25, 0.3) is 0 Å². The van der Waals surface area contributed by atoms with Gasteiger partial charge >= 0.3 is 0 Å². The Morgan fingerprint density at radius 1 is 1.24 bits per heavy atom. The van der Waals surface area contributed by atoms with Gasteiger partial charge in [-0.3, -0.25) is 0 Å². The number of nitrogens with zero attached hydrogens (tertiary/aromatic N) is 1. The molecule has 1 unspecified atom stereocenters. The molecule has 1 aliphatic heterocycles. The highest BCUT2D eigenvalue weighted by Crippen LogP contribution is 2.21. The van der Waals surface area contributed by atoms with E-state index in [0.29, 0.717) is 12.6 Å². The largest absolute Gasteiger partial charge is 0.380 e. The van der Waals surface area contributed by atoms with E-state index < -0.39 is 0 Å². The zero-order valence-electron chi connectivity index (χ0n) is 13.8. The molecule has 3 heteroatoms. The standard InChI is InChI=1S/C18H30N2O/c1-4-20-11-9-16(10-12-20)15(2)19-13-17-7-5-6-8-18(17)14-21-3/h5-8,15-16,19H,4,9-14H2,1-3H3. The zero-order valence-corrected chi connectivity index (χ0v) is 13.8. The normalized spacial score (nSPS) is 18.8. The molecule has 0 aromatic heterocycles. The highest BCUT2D eigenvalue weighted by molar-refractivity contribution is 5.26. The highest BCUT2D eigenvalue weighted by Gasteiger charge is 2.22. The predicted molar refractivity (Wildman–Crippen MR) is 88.3 cm³/mol. The number of methoxy groups -OCH3 is 1. The third-order valence-electron chi connectivity index (χ3n) is 4.82. The van der Waals surface area contributed by atoms with Crippen LogP contribution < -0.4 is 5.32 Å². The molecule has 0 radical (unpaired) electrons. The second-order valence-electron chi connectivity index (χ2n) is 6.14. The van der Waals surface area contributed by atoms with E-state index in [1.54, 1.807) is 7.11 Å². The molecule has 1 heterocycles. The van der Waals surface area contributed by atoms with Crippen molar-refractivity contribution in [1.29, 1.82) is 0 Å². The smallest absolute Gasteiger partial charge is 0.0716 e. The van der Waals surface area contributed by atoms with Crippen LogP contribution in [0.2, 0.25) is 0 Å². The SMILES string of the molecule is CCN1CCC(C(C)NCc2ccccc2COC)CC1. The topological polar surface area (TPSA) is 24.5 Å². The summed E-state index contributed by atoms with van der Waals surface area (Å²) in [6, 6.07) is 9.14. The molecule has 1 atom stereocenters. The first-order chi connectivity index (χ1) is 10.2. The molecule has 3 nitrogen and oxygen atoms in total. The number of piperidine rings is 1. The van der Waals surface area contributed by atoms with E-state index >= 15 is 0 Å². The summed E-state index contributed by atoms with van der Waals surface area (Å²) in [6.07, 6.45) is 2.64. The molecule has 1 aromatic rings. The van der Waals surface area contributed by atoms with Crippen LogP contribution in [0.3, 0.4) is 0 Å². The Balaban J connectivity index is 1.82. The van der Waals surface area contributed by atoms with Crippen LogP contribution in [0.15, 0.2) is 24.3 Å². The number of nitrogens with one attached hydrogen (secondary N) is 1. The van der Waals surface area contributed by atoms with Gasteiger partial charge in [0.2, 0.25) is 0 Å². The van der Waals surface area contributed by atoms with Gasteiger partial charge in [0.15, 0.2) is 0 Å². The van der Waals surface area contributed by atoms with Gasteiger partial charge in [-0.15, -0.1) is 0 Å². The Morgan fingerprint density at radius 2 is 1.90 bits per heavy atom. The van der Waals surface area contributed by atoms with Gasteiger partial charge in [0.05, 0.1) is 6.61 Å². The Hall–Kier alpha value is -0.900. The lowest BCUT2D eigenvalue weighted by molar-refractivity contribution is 0.168. The molecular formula is C18H30N2O. The number of likely N-dealkylation sites (tertiary alicyclic amines) is 1. The van der Waals surface area contributed by atoms with Gasteiger partial charge in [-0.2, -0.15) is 0 Å². The summed E-state index contributed by atoms with van der Waals surface area (Å²) >= 11 is 0. The fraction of sp³-hybridized carbons (Fsp3) is 0.667.